The van der Waals surface area contributed by atoms with E-state index in [1.807, 2.05) is 23.5 Å². The molecule has 1 N–H and O–H groups in total. The van der Waals surface area contributed by atoms with Gasteiger partial charge in [-0.25, -0.2) is 9.97 Å². The quantitative estimate of drug-likeness (QED) is 0.871. The lowest BCUT2D eigenvalue weighted by molar-refractivity contribution is 0.832. The number of hydrogen-bond acceptors (Lipinski definition) is 6. The molecule has 2 aromatic rings. The Balaban J connectivity index is 2.01. The highest BCUT2D eigenvalue weighted by Gasteiger charge is 2.27. The number of anilines is 1. The van der Waals surface area contributed by atoms with Crippen molar-refractivity contribution in [2.45, 2.75) is 37.7 Å². The molecule has 3 heterocycles. The van der Waals surface area contributed by atoms with Crippen molar-refractivity contribution >= 4 is 50.9 Å². The van der Waals surface area contributed by atoms with Gasteiger partial charge in [-0.1, -0.05) is 13.8 Å². The molecule has 1 fully saturated rings. The maximum Gasteiger partial charge on any atom is 0.146 e. The zero-order valence-corrected chi connectivity index (χ0v) is 15.1. The number of rotatable bonds is 4. The van der Waals surface area contributed by atoms with Gasteiger partial charge >= 0.3 is 0 Å². The third-order valence-electron chi connectivity index (χ3n) is 3.52. The average molecular weight is 340 g/mol. The molecule has 0 radical (unpaired) electrons. The second kappa shape index (κ2) is 6.75. The minimum atomic E-state index is 0.415. The second-order valence-electron chi connectivity index (χ2n) is 5.30. The van der Waals surface area contributed by atoms with Gasteiger partial charge in [-0.3, -0.25) is 0 Å². The van der Waals surface area contributed by atoms with Crippen LogP contribution in [0.15, 0.2) is 6.07 Å². The van der Waals surface area contributed by atoms with E-state index in [1.165, 1.54) is 21.8 Å². The van der Waals surface area contributed by atoms with Crippen LogP contribution < -0.4 is 5.32 Å². The summed E-state index contributed by atoms with van der Waals surface area (Å²) < 4.78 is 0. The van der Waals surface area contributed by atoms with E-state index in [4.69, 9.17) is 9.97 Å². The van der Waals surface area contributed by atoms with E-state index in [1.54, 1.807) is 11.3 Å². The molecule has 114 valence electrons. The summed E-state index contributed by atoms with van der Waals surface area (Å²) in [6.07, 6.45) is 1.11. The molecule has 0 bridgehead atoms. The molecule has 1 saturated heterocycles. The molecule has 0 spiro atoms. The van der Waals surface area contributed by atoms with Crippen LogP contribution in [0, 0.1) is 6.92 Å². The molecule has 1 aliphatic rings. The van der Waals surface area contributed by atoms with E-state index < -0.39 is 0 Å². The van der Waals surface area contributed by atoms with E-state index in [0.29, 0.717) is 10.5 Å². The molecule has 2 atom stereocenters. The standard InChI is InChI=1S/C15H21N3S3/c1-4-5-16-13-11-8-9(2)21-15(11)18-14(17-13)12-10(3)19-6-7-20-12/h8,10,12H,4-7H2,1-3H3,(H,16,17,18). The number of aryl methyl sites for hydroxylation is 1. The van der Waals surface area contributed by atoms with Gasteiger partial charge in [0.1, 0.15) is 16.5 Å². The molecule has 2 aromatic heterocycles. The van der Waals surface area contributed by atoms with Gasteiger partial charge in [0.2, 0.25) is 0 Å². The van der Waals surface area contributed by atoms with E-state index in [-0.39, 0.29) is 0 Å². The lowest BCUT2D eigenvalue weighted by Crippen LogP contribution is -2.18. The van der Waals surface area contributed by atoms with Gasteiger partial charge in [0, 0.05) is 28.2 Å². The van der Waals surface area contributed by atoms with Crippen LogP contribution in [0.25, 0.3) is 10.2 Å². The zero-order valence-electron chi connectivity index (χ0n) is 12.7. The first kappa shape index (κ1) is 15.4. The van der Waals surface area contributed by atoms with Crippen LogP contribution >= 0.6 is 34.9 Å². The fourth-order valence-electron chi connectivity index (χ4n) is 2.48. The molecule has 3 rings (SSSR count). The molecular formula is C15H21N3S3. The maximum absolute atomic E-state index is 4.88. The van der Waals surface area contributed by atoms with Crippen molar-refractivity contribution in [1.29, 1.82) is 0 Å². The predicted octanol–water partition coefficient (Wildman–Crippen LogP) is 4.73. The van der Waals surface area contributed by atoms with Gasteiger partial charge in [-0.15, -0.1) is 23.1 Å². The van der Waals surface area contributed by atoms with Gasteiger partial charge in [0.15, 0.2) is 0 Å². The molecule has 0 amide bonds. The molecule has 0 aromatic carbocycles. The van der Waals surface area contributed by atoms with E-state index in [2.05, 4.69) is 32.2 Å². The van der Waals surface area contributed by atoms with E-state index in [9.17, 15) is 0 Å². The number of thiophene rings is 1. The van der Waals surface area contributed by atoms with Crippen molar-refractivity contribution in [3.05, 3.63) is 16.8 Å². The normalized spacial score (nSPS) is 22.6. The number of aromatic nitrogens is 2. The number of fused-ring (bicyclic) bond motifs is 1. The second-order valence-corrected chi connectivity index (χ2v) is 9.27. The van der Waals surface area contributed by atoms with Gasteiger partial charge in [0.05, 0.1) is 10.6 Å². The first-order valence-electron chi connectivity index (χ1n) is 7.44. The van der Waals surface area contributed by atoms with Crippen LogP contribution in [0.4, 0.5) is 5.82 Å². The van der Waals surface area contributed by atoms with Gasteiger partial charge in [-0.2, -0.15) is 11.8 Å². The summed E-state index contributed by atoms with van der Waals surface area (Å²) in [6, 6.07) is 2.20. The summed E-state index contributed by atoms with van der Waals surface area (Å²) in [7, 11) is 0. The van der Waals surface area contributed by atoms with Crippen molar-refractivity contribution in [1.82, 2.24) is 9.97 Å². The lowest BCUT2D eigenvalue weighted by atomic mass is 10.2. The third-order valence-corrected chi connectivity index (χ3v) is 7.55. The highest BCUT2D eigenvalue weighted by atomic mass is 32.2. The average Bonchev–Trinajstić information content (AvgIpc) is 2.85. The van der Waals surface area contributed by atoms with Crippen LogP contribution in [-0.4, -0.2) is 33.3 Å². The number of nitrogens with one attached hydrogen (secondary N) is 1. The smallest absolute Gasteiger partial charge is 0.146 e. The Morgan fingerprint density at radius 1 is 1.29 bits per heavy atom. The number of nitrogens with zero attached hydrogens (tertiary/aromatic N) is 2. The molecule has 6 heteroatoms. The highest BCUT2D eigenvalue weighted by Crippen LogP contribution is 2.42. The van der Waals surface area contributed by atoms with Gasteiger partial charge in [0.25, 0.3) is 0 Å². The van der Waals surface area contributed by atoms with Gasteiger partial charge in [-0.05, 0) is 19.4 Å². The van der Waals surface area contributed by atoms with E-state index in [0.717, 1.165) is 29.4 Å². The topological polar surface area (TPSA) is 37.8 Å². The first-order valence-corrected chi connectivity index (χ1v) is 10.4. The summed E-state index contributed by atoms with van der Waals surface area (Å²) in [5, 5.41) is 5.66. The third kappa shape index (κ3) is 3.32. The molecule has 3 nitrogen and oxygen atoms in total. The Morgan fingerprint density at radius 2 is 2.10 bits per heavy atom. The van der Waals surface area contributed by atoms with E-state index >= 15 is 0 Å². The van der Waals surface area contributed by atoms with Crippen LogP contribution in [0.5, 0.6) is 0 Å². The number of hydrogen-bond donors (Lipinski definition) is 1. The summed E-state index contributed by atoms with van der Waals surface area (Å²) >= 11 is 5.81. The van der Waals surface area contributed by atoms with Crippen LogP contribution in [-0.2, 0) is 0 Å². The summed E-state index contributed by atoms with van der Waals surface area (Å²) in [5.74, 6) is 4.46. The van der Waals surface area contributed by atoms with Gasteiger partial charge < -0.3 is 5.32 Å². The van der Waals surface area contributed by atoms with Crippen molar-refractivity contribution < 1.29 is 0 Å². The Hall–Kier alpha value is -0.460. The monoisotopic (exact) mass is 339 g/mol. The summed E-state index contributed by atoms with van der Waals surface area (Å²) in [5.41, 5.74) is 0. The minimum absolute atomic E-state index is 0.415. The molecule has 1 aliphatic heterocycles. The Bertz CT molecular complexity index is 626. The zero-order chi connectivity index (χ0) is 14.8. The Kier molecular flexibility index (Phi) is 4.96. The van der Waals surface area contributed by atoms with Crippen LogP contribution in [0.2, 0.25) is 0 Å². The van der Waals surface area contributed by atoms with Crippen molar-refractivity contribution in [2.24, 2.45) is 0 Å². The first-order chi connectivity index (χ1) is 10.2. The molecule has 21 heavy (non-hydrogen) atoms. The van der Waals surface area contributed by atoms with Crippen molar-refractivity contribution in [3.8, 4) is 0 Å². The van der Waals surface area contributed by atoms with Crippen molar-refractivity contribution in [3.63, 3.8) is 0 Å². The highest BCUT2D eigenvalue weighted by molar-refractivity contribution is 8.06. The lowest BCUT2D eigenvalue weighted by Gasteiger charge is -2.26. The Morgan fingerprint density at radius 3 is 2.86 bits per heavy atom. The number of thioether (sulfide) groups is 2. The molecule has 0 aliphatic carbocycles. The SMILES string of the molecule is CCCNc1nc(C2SCCSC2C)nc2sc(C)cc12. The van der Waals surface area contributed by atoms with Crippen molar-refractivity contribution in [2.75, 3.05) is 23.4 Å². The largest absolute Gasteiger partial charge is 0.369 e. The minimum Gasteiger partial charge on any atom is -0.369 e. The fourth-order valence-corrected chi connectivity index (χ4v) is 6.06. The Labute approximate surface area is 138 Å². The summed E-state index contributed by atoms with van der Waals surface area (Å²) in [4.78, 5) is 12.2. The maximum atomic E-state index is 4.88. The molecule has 2 unspecified atom stereocenters. The van der Waals surface area contributed by atoms with Crippen LogP contribution in [0.3, 0.4) is 0 Å². The predicted molar refractivity (Wildman–Crippen MR) is 98.1 cm³/mol. The molecule has 0 saturated carbocycles. The fraction of sp³-hybridized carbons (Fsp3) is 0.600. The molecular weight excluding hydrogens is 318 g/mol. The van der Waals surface area contributed by atoms with Crippen LogP contribution in [0.1, 0.15) is 36.2 Å². The summed E-state index contributed by atoms with van der Waals surface area (Å²) in [6.45, 7) is 7.58.